The van der Waals surface area contributed by atoms with Gasteiger partial charge in [-0.15, -0.1) is 5.10 Å². The lowest BCUT2D eigenvalue weighted by atomic mass is 10.2. The molecule has 2 aliphatic rings. The van der Waals surface area contributed by atoms with E-state index < -0.39 is 0 Å². The number of aromatic nitrogens is 2. The Morgan fingerprint density at radius 1 is 1.04 bits per heavy atom. The fraction of sp³-hybridized carbons (Fsp3) is 0.647. The van der Waals surface area contributed by atoms with E-state index in [1.807, 2.05) is 17.0 Å². The Hall–Kier alpha value is -2.18. The molecule has 0 radical (unpaired) electrons. The normalized spacial score (nSPS) is 19.8. The predicted molar refractivity (Wildman–Crippen MR) is 90.5 cm³/mol. The molecule has 0 aliphatic carbocycles. The maximum absolute atomic E-state index is 12.6. The maximum Gasteiger partial charge on any atom is 0.242 e. The number of anilines is 1. The molecule has 2 amide bonds. The van der Waals surface area contributed by atoms with Crippen molar-refractivity contribution in [3.8, 4) is 0 Å². The topological polar surface area (TPSA) is 69.6 Å². The summed E-state index contributed by atoms with van der Waals surface area (Å²) in [4.78, 5) is 30.5. The SMILES string of the molecule is O=C(CN1CCCCCC1=O)N1CCCN(c2cccnn2)CC1. The van der Waals surface area contributed by atoms with Gasteiger partial charge in [-0.1, -0.05) is 6.42 Å². The highest BCUT2D eigenvalue weighted by Crippen LogP contribution is 2.14. The molecule has 7 heteroatoms. The highest BCUT2D eigenvalue weighted by molar-refractivity contribution is 5.85. The zero-order valence-corrected chi connectivity index (χ0v) is 14.1. The number of carbonyl (C=O) groups is 2. The Morgan fingerprint density at radius 3 is 2.79 bits per heavy atom. The second-order valence-electron chi connectivity index (χ2n) is 6.43. The van der Waals surface area contributed by atoms with E-state index >= 15 is 0 Å². The quantitative estimate of drug-likeness (QED) is 0.824. The summed E-state index contributed by atoms with van der Waals surface area (Å²) >= 11 is 0. The lowest BCUT2D eigenvalue weighted by molar-refractivity contribution is -0.140. The van der Waals surface area contributed by atoms with Gasteiger partial charge < -0.3 is 14.7 Å². The van der Waals surface area contributed by atoms with E-state index in [4.69, 9.17) is 0 Å². The fourth-order valence-electron chi connectivity index (χ4n) is 3.33. The van der Waals surface area contributed by atoms with Crippen molar-refractivity contribution in [1.82, 2.24) is 20.0 Å². The van der Waals surface area contributed by atoms with Gasteiger partial charge in [0.2, 0.25) is 11.8 Å². The molecule has 1 aromatic rings. The molecular weight excluding hydrogens is 306 g/mol. The van der Waals surface area contributed by atoms with Crippen LogP contribution in [0.4, 0.5) is 5.82 Å². The zero-order valence-electron chi connectivity index (χ0n) is 14.1. The molecule has 0 spiro atoms. The molecule has 0 bridgehead atoms. The number of carbonyl (C=O) groups excluding carboxylic acids is 2. The van der Waals surface area contributed by atoms with Crippen LogP contribution in [-0.4, -0.2) is 71.1 Å². The Bertz CT molecular complexity index is 565. The minimum Gasteiger partial charge on any atom is -0.353 e. The molecule has 3 heterocycles. The van der Waals surface area contributed by atoms with E-state index in [-0.39, 0.29) is 18.4 Å². The smallest absolute Gasteiger partial charge is 0.242 e. The van der Waals surface area contributed by atoms with Gasteiger partial charge in [0.1, 0.15) is 0 Å². The molecule has 0 saturated carbocycles. The van der Waals surface area contributed by atoms with E-state index in [1.54, 1.807) is 11.1 Å². The van der Waals surface area contributed by atoms with Gasteiger partial charge >= 0.3 is 0 Å². The zero-order chi connectivity index (χ0) is 16.8. The minimum atomic E-state index is 0.0613. The van der Waals surface area contributed by atoms with Crippen LogP contribution in [0.3, 0.4) is 0 Å². The standard InChI is InChI=1S/C17H25N5O2/c23-16-7-2-1-3-9-22(16)14-17(24)21-11-5-10-20(12-13-21)15-6-4-8-18-19-15/h4,6,8H,1-3,5,7,9-14H2. The second-order valence-corrected chi connectivity index (χ2v) is 6.43. The van der Waals surface area contributed by atoms with Crippen molar-refractivity contribution in [2.24, 2.45) is 0 Å². The molecule has 2 fully saturated rings. The number of rotatable bonds is 3. The predicted octanol–water partition coefficient (Wildman–Crippen LogP) is 0.918. The molecule has 0 N–H and O–H groups in total. The van der Waals surface area contributed by atoms with E-state index in [1.165, 1.54) is 0 Å². The van der Waals surface area contributed by atoms with E-state index in [9.17, 15) is 9.59 Å². The van der Waals surface area contributed by atoms with Crippen LogP contribution in [0.25, 0.3) is 0 Å². The van der Waals surface area contributed by atoms with E-state index in [0.717, 1.165) is 51.1 Å². The van der Waals surface area contributed by atoms with Gasteiger partial charge in [0, 0.05) is 45.3 Å². The molecule has 0 unspecified atom stereocenters. The molecule has 130 valence electrons. The van der Waals surface area contributed by atoms with Crippen LogP contribution in [0.15, 0.2) is 18.3 Å². The van der Waals surface area contributed by atoms with Gasteiger partial charge in [-0.25, -0.2) is 0 Å². The molecule has 2 saturated heterocycles. The largest absolute Gasteiger partial charge is 0.353 e. The first kappa shape index (κ1) is 16.7. The summed E-state index contributed by atoms with van der Waals surface area (Å²) in [6, 6.07) is 3.82. The lowest BCUT2D eigenvalue weighted by Crippen LogP contribution is -2.44. The lowest BCUT2D eigenvalue weighted by Gasteiger charge is -2.26. The van der Waals surface area contributed by atoms with Crippen molar-refractivity contribution in [3.05, 3.63) is 18.3 Å². The van der Waals surface area contributed by atoms with E-state index in [0.29, 0.717) is 19.5 Å². The summed E-state index contributed by atoms with van der Waals surface area (Å²) in [6.07, 6.45) is 6.16. The van der Waals surface area contributed by atoms with Crippen molar-refractivity contribution in [2.45, 2.75) is 32.1 Å². The molecular formula is C17H25N5O2. The molecule has 2 aliphatic heterocycles. The highest BCUT2D eigenvalue weighted by Gasteiger charge is 2.24. The molecule has 24 heavy (non-hydrogen) atoms. The second kappa shape index (κ2) is 8.08. The van der Waals surface area contributed by atoms with Gasteiger partial charge in [0.15, 0.2) is 5.82 Å². The summed E-state index contributed by atoms with van der Waals surface area (Å²) in [5, 5.41) is 8.07. The van der Waals surface area contributed by atoms with Crippen LogP contribution in [0.2, 0.25) is 0 Å². The molecule has 1 aromatic heterocycles. The van der Waals surface area contributed by atoms with Crippen molar-refractivity contribution in [3.63, 3.8) is 0 Å². The summed E-state index contributed by atoms with van der Waals surface area (Å²) < 4.78 is 0. The third-order valence-electron chi connectivity index (χ3n) is 4.73. The first-order chi connectivity index (χ1) is 11.7. The first-order valence-electron chi connectivity index (χ1n) is 8.82. The van der Waals surface area contributed by atoms with Gasteiger partial charge in [0.05, 0.1) is 6.54 Å². The summed E-state index contributed by atoms with van der Waals surface area (Å²) in [6.45, 7) is 3.95. The van der Waals surface area contributed by atoms with Crippen LogP contribution in [0.1, 0.15) is 32.1 Å². The van der Waals surface area contributed by atoms with Gasteiger partial charge in [-0.2, -0.15) is 5.10 Å². The average Bonchev–Trinajstić information content (AvgIpc) is 2.97. The highest BCUT2D eigenvalue weighted by atomic mass is 16.2. The van der Waals surface area contributed by atoms with Gasteiger partial charge in [-0.3, -0.25) is 9.59 Å². The molecule has 3 rings (SSSR count). The summed E-state index contributed by atoms with van der Waals surface area (Å²) in [5.74, 6) is 1.04. The first-order valence-corrected chi connectivity index (χ1v) is 8.82. The van der Waals surface area contributed by atoms with E-state index in [2.05, 4.69) is 15.1 Å². The van der Waals surface area contributed by atoms with Gasteiger partial charge in [0.25, 0.3) is 0 Å². The fourth-order valence-corrected chi connectivity index (χ4v) is 3.33. The van der Waals surface area contributed by atoms with Crippen molar-refractivity contribution in [1.29, 1.82) is 0 Å². The number of hydrogen-bond acceptors (Lipinski definition) is 5. The van der Waals surface area contributed by atoms with Crippen molar-refractivity contribution < 1.29 is 9.59 Å². The molecule has 7 nitrogen and oxygen atoms in total. The van der Waals surface area contributed by atoms with Crippen LogP contribution in [0.5, 0.6) is 0 Å². The molecule has 0 aromatic carbocycles. The Morgan fingerprint density at radius 2 is 1.96 bits per heavy atom. The molecule has 0 atom stereocenters. The summed E-state index contributed by atoms with van der Waals surface area (Å²) in [5.41, 5.74) is 0. The van der Waals surface area contributed by atoms with Crippen molar-refractivity contribution in [2.75, 3.05) is 44.2 Å². The Balaban J connectivity index is 1.55. The van der Waals surface area contributed by atoms with Crippen LogP contribution in [0, 0.1) is 0 Å². The van der Waals surface area contributed by atoms with Crippen LogP contribution in [-0.2, 0) is 9.59 Å². The van der Waals surface area contributed by atoms with Gasteiger partial charge in [-0.05, 0) is 31.4 Å². The van der Waals surface area contributed by atoms with Crippen LogP contribution >= 0.6 is 0 Å². The van der Waals surface area contributed by atoms with Crippen LogP contribution < -0.4 is 4.90 Å². The maximum atomic E-state index is 12.6. The number of likely N-dealkylation sites (tertiary alicyclic amines) is 1. The monoisotopic (exact) mass is 331 g/mol. The third kappa shape index (κ3) is 4.21. The Labute approximate surface area is 142 Å². The number of nitrogens with zero attached hydrogens (tertiary/aromatic N) is 5. The number of amides is 2. The number of hydrogen-bond donors (Lipinski definition) is 0. The minimum absolute atomic E-state index is 0.0613. The third-order valence-corrected chi connectivity index (χ3v) is 4.73. The summed E-state index contributed by atoms with van der Waals surface area (Å²) in [7, 11) is 0. The average molecular weight is 331 g/mol. The van der Waals surface area contributed by atoms with Crippen molar-refractivity contribution >= 4 is 17.6 Å². The Kier molecular flexibility index (Phi) is 5.61.